The molecule has 3 aromatic rings. The Kier molecular flexibility index (Phi) is 6.29. The molecule has 142 valence electrons. The molecule has 0 radical (unpaired) electrons. The number of nitriles is 1. The van der Waals surface area contributed by atoms with Crippen LogP contribution < -0.4 is 4.74 Å². The van der Waals surface area contributed by atoms with E-state index in [-0.39, 0.29) is 11.5 Å². The molecule has 1 aromatic heterocycles. The lowest BCUT2D eigenvalue weighted by molar-refractivity contribution is -0.131. The molecule has 0 aliphatic rings. The number of aromatic nitrogens is 3. The van der Waals surface area contributed by atoms with Gasteiger partial charge in [-0.15, -0.1) is 5.10 Å². The number of rotatable bonds is 8. The quantitative estimate of drug-likeness (QED) is 0.438. The number of hydrogen-bond acceptors (Lipinski definition) is 6. The fraction of sp³-hybridized carbons (Fsp3) is 0.200. The molecule has 7 nitrogen and oxygen atoms in total. The van der Waals surface area contributed by atoms with E-state index in [4.69, 9.17) is 10.00 Å². The van der Waals surface area contributed by atoms with Crippen LogP contribution in [0.15, 0.2) is 46.5 Å². The van der Waals surface area contributed by atoms with E-state index >= 15 is 0 Å². The zero-order chi connectivity index (χ0) is 19.9. The number of hydrogen-bond donors (Lipinski definition) is 2. The molecule has 0 saturated carbocycles. The Hall–Kier alpha value is -3.31. The lowest BCUT2D eigenvalue weighted by Gasteiger charge is -2.11. The third-order valence-corrected chi connectivity index (χ3v) is 4.79. The molecular formula is C20H18N4O3S. The number of nitrogens with zero attached hydrogens (tertiary/aromatic N) is 3. The van der Waals surface area contributed by atoms with Crippen LogP contribution in [0, 0.1) is 11.3 Å². The topological polar surface area (TPSA) is 112 Å². The highest BCUT2D eigenvalue weighted by Gasteiger charge is 2.16. The summed E-state index contributed by atoms with van der Waals surface area (Å²) in [6, 6.07) is 13.1. The zero-order valence-corrected chi connectivity index (χ0v) is 16.0. The normalized spacial score (nSPS) is 11.4. The average molecular weight is 394 g/mol. The van der Waals surface area contributed by atoms with E-state index < -0.39 is 5.97 Å². The number of H-pyrrole nitrogens is 1. The second kappa shape index (κ2) is 9.06. The summed E-state index contributed by atoms with van der Waals surface area (Å²) in [6.07, 6.45) is 3.20. The summed E-state index contributed by atoms with van der Waals surface area (Å²) < 4.78 is 5.52. The number of aliphatic carboxylic acids is 1. The van der Waals surface area contributed by atoms with Crippen molar-refractivity contribution in [2.24, 2.45) is 0 Å². The van der Waals surface area contributed by atoms with E-state index in [0.717, 1.165) is 41.2 Å². The van der Waals surface area contributed by atoms with E-state index in [9.17, 15) is 9.90 Å². The number of carbonyl (C=O) groups is 1. The molecule has 0 bridgehead atoms. The molecule has 0 aliphatic carbocycles. The smallest absolute Gasteiger partial charge is 0.342 e. The largest absolute Gasteiger partial charge is 0.478 e. The summed E-state index contributed by atoms with van der Waals surface area (Å²) >= 11 is 0.967. The molecule has 0 fully saturated rings. The lowest BCUT2D eigenvalue weighted by atomic mass is 10.0. The van der Waals surface area contributed by atoms with Crippen LogP contribution in [0.4, 0.5) is 0 Å². The Bertz CT molecular complexity index is 1070. The minimum atomic E-state index is -1.09. The van der Waals surface area contributed by atoms with Gasteiger partial charge in [-0.2, -0.15) is 5.26 Å². The molecule has 0 amide bonds. The number of carboxylic acids is 1. The van der Waals surface area contributed by atoms with Crippen LogP contribution >= 0.6 is 11.8 Å². The van der Waals surface area contributed by atoms with E-state index in [1.54, 1.807) is 6.07 Å². The molecule has 2 aromatic carbocycles. The highest BCUT2D eigenvalue weighted by molar-refractivity contribution is 8.04. The number of benzene rings is 2. The minimum Gasteiger partial charge on any atom is -0.478 e. The van der Waals surface area contributed by atoms with Crippen LogP contribution in [0.5, 0.6) is 5.75 Å². The predicted octanol–water partition coefficient (Wildman–Crippen LogP) is 4.03. The molecule has 0 unspecified atom stereocenters. The van der Waals surface area contributed by atoms with Gasteiger partial charge >= 0.3 is 5.97 Å². The number of aryl methyl sites for hydroxylation is 1. The minimum absolute atomic E-state index is 0.0557. The van der Waals surface area contributed by atoms with Gasteiger partial charge < -0.3 is 9.84 Å². The maximum Gasteiger partial charge on any atom is 0.342 e. The Balaban J connectivity index is 2.04. The summed E-state index contributed by atoms with van der Waals surface area (Å²) in [6.45, 7) is 1.90. The van der Waals surface area contributed by atoms with Gasteiger partial charge in [-0.05, 0) is 41.1 Å². The van der Waals surface area contributed by atoms with Gasteiger partial charge in [-0.3, -0.25) is 5.10 Å². The lowest BCUT2D eigenvalue weighted by Crippen LogP contribution is -2.00. The first-order valence-corrected chi connectivity index (χ1v) is 9.49. The van der Waals surface area contributed by atoms with Gasteiger partial charge in [0.05, 0.1) is 0 Å². The number of aromatic amines is 1. The maximum atomic E-state index is 11.9. The van der Waals surface area contributed by atoms with Gasteiger partial charge in [0.1, 0.15) is 22.5 Å². The molecule has 0 spiro atoms. The van der Waals surface area contributed by atoms with E-state index in [1.807, 2.05) is 43.3 Å². The van der Waals surface area contributed by atoms with Crippen LogP contribution in [-0.4, -0.2) is 32.9 Å². The van der Waals surface area contributed by atoms with Crippen molar-refractivity contribution < 1.29 is 14.6 Å². The number of nitrogens with one attached hydrogen (secondary N) is 1. The van der Waals surface area contributed by atoms with Crippen molar-refractivity contribution in [1.82, 2.24) is 15.2 Å². The summed E-state index contributed by atoms with van der Waals surface area (Å²) in [4.78, 5) is 16.2. The van der Waals surface area contributed by atoms with Gasteiger partial charge in [0.15, 0.2) is 6.61 Å². The van der Waals surface area contributed by atoms with Crippen molar-refractivity contribution >= 4 is 34.6 Å². The van der Waals surface area contributed by atoms with Gasteiger partial charge in [0, 0.05) is 12.0 Å². The van der Waals surface area contributed by atoms with Crippen molar-refractivity contribution in [1.29, 1.82) is 5.26 Å². The van der Waals surface area contributed by atoms with Crippen LogP contribution in [0.1, 0.15) is 24.7 Å². The van der Waals surface area contributed by atoms with Gasteiger partial charge in [-0.25, -0.2) is 9.78 Å². The van der Waals surface area contributed by atoms with Gasteiger partial charge in [0.2, 0.25) is 5.16 Å². The van der Waals surface area contributed by atoms with Crippen molar-refractivity contribution in [3.63, 3.8) is 0 Å². The van der Waals surface area contributed by atoms with Crippen molar-refractivity contribution in [3.05, 3.63) is 52.7 Å². The summed E-state index contributed by atoms with van der Waals surface area (Å²) in [7, 11) is 0. The Labute approximate surface area is 166 Å². The summed E-state index contributed by atoms with van der Waals surface area (Å²) in [5.74, 6) is 0.0743. The number of ether oxygens (including phenoxy) is 1. The molecular weight excluding hydrogens is 376 g/mol. The summed E-state index contributed by atoms with van der Waals surface area (Å²) in [5, 5.41) is 27.6. The zero-order valence-electron chi connectivity index (χ0n) is 15.2. The Morgan fingerprint density at radius 2 is 2.18 bits per heavy atom. The third-order valence-electron chi connectivity index (χ3n) is 3.91. The molecule has 0 atom stereocenters. The Morgan fingerprint density at radius 3 is 2.93 bits per heavy atom. The standard InChI is InChI=1S/C20H18N4O3S/c1-2-5-18-22-20(24-23-18)28-17(19(25)26)12-15-14-7-4-3-6-13(14)8-9-16(15)27-11-10-21/h3-4,6-9,12H,2,5,11H2,1H3,(H,25,26)(H,22,23,24)/b17-12-. The fourth-order valence-corrected chi connectivity index (χ4v) is 3.40. The molecule has 3 rings (SSSR count). The first-order valence-electron chi connectivity index (χ1n) is 8.68. The number of carboxylic acid groups (broad SMARTS) is 1. The molecule has 0 aliphatic heterocycles. The molecule has 0 saturated heterocycles. The fourth-order valence-electron chi connectivity index (χ4n) is 2.70. The molecule has 1 heterocycles. The highest BCUT2D eigenvalue weighted by atomic mass is 32.2. The van der Waals surface area contributed by atoms with Crippen LogP contribution in [0.25, 0.3) is 16.8 Å². The second-order valence-corrected chi connectivity index (χ2v) is 6.88. The van der Waals surface area contributed by atoms with Crippen LogP contribution in [0.3, 0.4) is 0 Å². The number of fused-ring (bicyclic) bond motifs is 1. The summed E-state index contributed by atoms with van der Waals surface area (Å²) in [5.41, 5.74) is 0.600. The SMILES string of the molecule is CCCc1nc(S/C(=C\c2c(OCC#N)ccc3ccccc23)C(=O)O)n[nH]1. The van der Waals surface area contributed by atoms with Gasteiger partial charge in [0.25, 0.3) is 0 Å². The predicted molar refractivity (Wildman–Crippen MR) is 107 cm³/mol. The van der Waals surface area contributed by atoms with Crippen molar-refractivity contribution in [3.8, 4) is 11.8 Å². The first kappa shape index (κ1) is 19.5. The second-order valence-electron chi connectivity index (χ2n) is 5.88. The molecule has 2 N–H and O–H groups in total. The monoisotopic (exact) mass is 394 g/mol. The van der Waals surface area contributed by atoms with Crippen LogP contribution in [0.2, 0.25) is 0 Å². The van der Waals surface area contributed by atoms with E-state index in [0.29, 0.717) is 16.5 Å². The first-order chi connectivity index (χ1) is 13.6. The average Bonchev–Trinajstić information content (AvgIpc) is 3.14. The maximum absolute atomic E-state index is 11.9. The van der Waals surface area contributed by atoms with Gasteiger partial charge in [-0.1, -0.05) is 37.3 Å². The van der Waals surface area contributed by atoms with Crippen LogP contribution in [-0.2, 0) is 11.2 Å². The molecule has 8 heteroatoms. The molecule has 28 heavy (non-hydrogen) atoms. The number of thioether (sulfide) groups is 1. The van der Waals surface area contributed by atoms with E-state index in [2.05, 4.69) is 15.2 Å². The third kappa shape index (κ3) is 4.50. The van der Waals surface area contributed by atoms with Crippen molar-refractivity contribution in [2.75, 3.05) is 6.61 Å². The van der Waals surface area contributed by atoms with Crippen molar-refractivity contribution in [2.45, 2.75) is 24.9 Å². The highest BCUT2D eigenvalue weighted by Crippen LogP contribution is 2.33. The Morgan fingerprint density at radius 1 is 1.36 bits per heavy atom. The van der Waals surface area contributed by atoms with E-state index in [1.165, 1.54) is 6.08 Å².